The minimum Gasteiger partial charge on any atom is -0.340 e. The Balaban J connectivity index is 1.60. The highest BCUT2D eigenvalue weighted by molar-refractivity contribution is 5.97. The van der Waals surface area contributed by atoms with E-state index < -0.39 is 6.04 Å². The molecule has 1 aromatic carbocycles. The van der Waals surface area contributed by atoms with Crippen molar-refractivity contribution in [3.63, 3.8) is 0 Å². The highest BCUT2D eigenvalue weighted by atomic mass is 16.2. The maximum absolute atomic E-state index is 12.4. The number of carbonyl (C=O) groups excluding carboxylic acids is 2. The predicted octanol–water partition coefficient (Wildman–Crippen LogP) is 0.879. The van der Waals surface area contributed by atoms with E-state index in [-0.39, 0.29) is 11.8 Å². The van der Waals surface area contributed by atoms with Crippen molar-refractivity contribution < 1.29 is 9.59 Å². The number of hydrogen-bond donors (Lipinski definition) is 1. The molecule has 0 saturated carbocycles. The number of nitriles is 1. The summed E-state index contributed by atoms with van der Waals surface area (Å²) in [6.45, 7) is 1.05. The van der Waals surface area contributed by atoms with Gasteiger partial charge in [-0.1, -0.05) is 12.1 Å². The molecule has 0 spiro atoms. The molecule has 1 aromatic heterocycles. The van der Waals surface area contributed by atoms with Crippen LogP contribution in [0, 0.1) is 11.3 Å². The maximum atomic E-state index is 12.4. The van der Waals surface area contributed by atoms with Crippen LogP contribution in [0.1, 0.15) is 27.9 Å². The SMILES string of the molecule is N#Cc1ccc(CN2CCC(NC(=O)c3ccnnc3)C2=O)cc1. The summed E-state index contributed by atoms with van der Waals surface area (Å²) in [6.07, 6.45) is 3.37. The minimum absolute atomic E-state index is 0.102. The van der Waals surface area contributed by atoms with Gasteiger partial charge in [-0.15, -0.1) is 0 Å². The van der Waals surface area contributed by atoms with Crippen LogP contribution in [0.4, 0.5) is 0 Å². The van der Waals surface area contributed by atoms with E-state index in [0.29, 0.717) is 30.6 Å². The Morgan fingerprint density at radius 1 is 1.29 bits per heavy atom. The third-order valence-corrected chi connectivity index (χ3v) is 3.91. The van der Waals surface area contributed by atoms with E-state index in [2.05, 4.69) is 21.6 Å². The van der Waals surface area contributed by atoms with Crippen molar-refractivity contribution in [2.75, 3.05) is 6.54 Å². The number of carbonyl (C=O) groups is 2. The molecule has 7 nitrogen and oxygen atoms in total. The van der Waals surface area contributed by atoms with Gasteiger partial charge in [-0.05, 0) is 30.2 Å². The lowest BCUT2D eigenvalue weighted by Crippen LogP contribution is -2.41. The Labute approximate surface area is 138 Å². The minimum atomic E-state index is -0.524. The standard InChI is InChI=1S/C17H15N5O2/c18-9-12-1-3-13(4-2-12)11-22-8-6-15(17(22)24)21-16(23)14-5-7-19-20-10-14/h1-5,7,10,15H,6,8,11H2,(H,21,23). The average Bonchev–Trinajstić information content (AvgIpc) is 2.96. The molecule has 0 aliphatic carbocycles. The van der Waals surface area contributed by atoms with Crippen molar-refractivity contribution >= 4 is 11.8 Å². The third-order valence-electron chi connectivity index (χ3n) is 3.91. The van der Waals surface area contributed by atoms with E-state index in [1.807, 2.05) is 12.1 Å². The molecule has 1 atom stereocenters. The third kappa shape index (κ3) is 3.38. The highest BCUT2D eigenvalue weighted by Gasteiger charge is 2.32. The molecule has 1 N–H and O–H groups in total. The molecule has 7 heteroatoms. The maximum Gasteiger partial charge on any atom is 0.253 e. The molecule has 3 rings (SSSR count). The number of nitrogens with one attached hydrogen (secondary N) is 1. The number of benzene rings is 1. The van der Waals surface area contributed by atoms with E-state index >= 15 is 0 Å². The Morgan fingerprint density at radius 3 is 2.75 bits per heavy atom. The second kappa shape index (κ2) is 6.87. The van der Waals surface area contributed by atoms with Crippen LogP contribution >= 0.6 is 0 Å². The van der Waals surface area contributed by atoms with Gasteiger partial charge in [-0.2, -0.15) is 15.5 Å². The largest absolute Gasteiger partial charge is 0.340 e. The van der Waals surface area contributed by atoms with Crippen molar-refractivity contribution in [2.45, 2.75) is 19.0 Å². The zero-order valence-corrected chi connectivity index (χ0v) is 12.8. The fraction of sp³-hybridized carbons (Fsp3) is 0.235. The molecule has 1 aliphatic heterocycles. The van der Waals surface area contributed by atoms with E-state index in [9.17, 15) is 9.59 Å². The van der Waals surface area contributed by atoms with Crippen LogP contribution in [-0.2, 0) is 11.3 Å². The van der Waals surface area contributed by atoms with E-state index in [1.54, 1.807) is 23.1 Å². The monoisotopic (exact) mass is 321 g/mol. The average molecular weight is 321 g/mol. The zero-order chi connectivity index (χ0) is 16.9. The summed E-state index contributed by atoms with van der Waals surface area (Å²) in [6, 6.07) is 10.2. The number of nitrogens with zero attached hydrogens (tertiary/aromatic N) is 4. The molecule has 120 valence electrons. The summed E-state index contributed by atoms with van der Waals surface area (Å²) in [5.41, 5.74) is 1.92. The van der Waals surface area contributed by atoms with E-state index in [0.717, 1.165) is 5.56 Å². The van der Waals surface area contributed by atoms with Crippen LogP contribution in [0.3, 0.4) is 0 Å². The molecular formula is C17H15N5O2. The molecule has 0 radical (unpaired) electrons. The first-order chi connectivity index (χ1) is 11.7. The lowest BCUT2D eigenvalue weighted by atomic mass is 10.1. The quantitative estimate of drug-likeness (QED) is 0.901. The van der Waals surface area contributed by atoms with Crippen LogP contribution in [0.2, 0.25) is 0 Å². The van der Waals surface area contributed by atoms with Gasteiger partial charge in [0, 0.05) is 13.1 Å². The van der Waals surface area contributed by atoms with Crippen molar-refractivity contribution in [1.82, 2.24) is 20.4 Å². The fourth-order valence-electron chi connectivity index (χ4n) is 2.60. The van der Waals surface area contributed by atoms with Gasteiger partial charge in [0.05, 0.1) is 29.6 Å². The van der Waals surface area contributed by atoms with Crippen LogP contribution in [-0.4, -0.2) is 39.5 Å². The summed E-state index contributed by atoms with van der Waals surface area (Å²) < 4.78 is 0. The summed E-state index contributed by atoms with van der Waals surface area (Å²) >= 11 is 0. The Hall–Kier alpha value is -3.27. The van der Waals surface area contributed by atoms with Gasteiger partial charge in [0.2, 0.25) is 5.91 Å². The first-order valence-electron chi connectivity index (χ1n) is 7.53. The highest BCUT2D eigenvalue weighted by Crippen LogP contribution is 2.16. The van der Waals surface area contributed by atoms with Gasteiger partial charge in [0.15, 0.2) is 0 Å². The van der Waals surface area contributed by atoms with Crippen LogP contribution < -0.4 is 5.32 Å². The summed E-state index contributed by atoms with van der Waals surface area (Å²) in [7, 11) is 0. The van der Waals surface area contributed by atoms with E-state index in [1.165, 1.54) is 12.4 Å². The van der Waals surface area contributed by atoms with Gasteiger partial charge in [0.25, 0.3) is 5.91 Å². The molecule has 1 aliphatic rings. The number of aromatic nitrogens is 2. The van der Waals surface area contributed by atoms with Crippen molar-refractivity contribution in [2.24, 2.45) is 0 Å². The summed E-state index contributed by atoms with van der Waals surface area (Å²) in [5, 5.41) is 18.8. The zero-order valence-electron chi connectivity index (χ0n) is 12.8. The number of likely N-dealkylation sites (tertiary alicyclic amines) is 1. The molecule has 2 heterocycles. The summed E-state index contributed by atoms with van der Waals surface area (Å²) in [5.74, 6) is -0.432. The van der Waals surface area contributed by atoms with Gasteiger partial charge in [-0.3, -0.25) is 9.59 Å². The fourth-order valence-corrected chi connectivity index (χ4v) is 2.60. The van der Waals surface area contributed by atoms with E-state index in [4.69, 9.17) is 5.26 Å². The Bertz CT molecular complexity index is 783. The molecular weight excluding hydrogens is 306 g/mol. The van der Waals surface area contributed by atoms with Crippen molar-refractivity contribution in [3.8, 4) is 6.07 Å². The smallest absolute Gasteiger partial charge is 0.253 e. The Kier molecular flexibility index (Phi) is 4.47. The van der Waals surface area contributed by atoms with Gasteiger partial charge in [-0.25, -0.2) is 0 Å². The number of rotatable bonds is 4. The second-order valence-electron chi connectivity index (χ2n) is 5.51. The van der Waals surface area contributed by atoms with Gasteiger partial charge >= 0.3 is 0 Å². The molecule has 2 amide bonds. The predicted molar refractivity (Wildman–Crippen MR) is 84.5 cm³/mol. The van der Waals surface area contributed by atoms with Gasteiger partial charge in [0.1, 0.15) is 6.04 Å². The molecule has 2 aromatic rings. The topological polar surface area (TPSA) is 99.0 Å². The number of hydrogen-bond acceptors (Lipinski definition) is 5. The number of amides is 2. The van der Waals surface area contributed by atoms with Crippen LogP contribution in [0.5, 0.6) is 0 Å². The molecule has 1 unspecified atom stereocenters. The Morgan fingerprint density at radius 2 is 2.08 bits per heavy atom. The lowest BCUT2D eigenvalue weighted by molar-refractivity contribution is -0.129. The van der Waals surface area contributed by atoms with Crippen molar-refractivity contribution in [3.05, 3.63) is 59.4 Å². The van der Waals surface area contributed by atoms with Crippen LogP contribution in [0.15, 0.2) is 42.7 Å². The first kappa shape index (κ1) is 15.6. The second-order valence-corrected chi connectivity index (χ2v) is 5.51. The normalized spacial score (nSPS) is 16.7. The van der Waals surface area contributed by atoms with Crippen molar-refractivity contribution in [1.29, 1.82) is 5.26 Å². The molecule has 1 saturated heterocycles. The summed E-state index contributed by atoms with van der Waals surface area (Å²) in [4.78, 5) is 26.2. The van der Waals surface area contributed by atoms with Gasteiger partial charge < -0.3 is 10.2 Å². The van der Waals surface area contributed by atoms with Crippen LogP contribution in [0.25, 0.3) is 0 Å². The molecule has 0 bridgehead atoms. The molecule has 24 heavy (non-hydrogen) atoms. The first-order valence-corrected chi connectivity index (χ1v) is 7.53. The molecule has 1 fully saturated rings. The lowest BCUT2D eigenvalue weighted by Gasteiger charge is -2.17.